The molecule has 2 rings (SSSR count). The molecule has 100 valence electrons. The number of rotatable bonds is 4. The van der Waals surface area contributed by atoms with Gasteiger partial charge in [0.1, 0.15) is 5.82 Å². The van der Waals surface area contributed by atoms with E-state index in [2.05, 4.69) is 28.2 Å². The molecule has 0 heterocycles. The average Bonchev–Trinajstić information content (AvgIpc) is 2.41. The Morgan fingerprint density at radius 1 is 1.21 bits per heavy atom. The van der Waals surface area contributed by atoms with E-state index in [1.165, 1.54) is 6.07 Å². The predicted molar refractivity (Wildman–Crippen MR) is 80.8 cm³/mol. The molecule has 0 spiro atoms. The van der Waals surface area contributed by atoms with Crippen molar-refractivity contribution in [3.05, 3.63) is 68.9 Å². The van der Waals surface area contributed by atoms with Crippen LogP contribution in [0, 0.1) is 5.82 Å². The average molecular weight is 343 g/mol. The summed E-state index contributed by atoms with van der Waals surface area (Å²) < 4.78 is 13.9. The van der Waals surface area contributed by atoms with Gasteiger partial charge in [-0.3, -0.25) is 0 Å². The normalized spacial score (nSPS) is 12.4. The van der Waals surface area contributed by atoms with Gasteiger partial charge >= 0.3 is 0 Å². The van der Waals surface area contributed by atoms with E-state index < -0.39 is 0 Å². The minimum atomic E-state index is -0.238. The summed E-state index contributed by atoms with van der Waals surface area (Å²) in [5.41, 5.74) is 2.05. The highest BCUT2D eigenvalue weighted by molar-refractivity contribution is 9.10. The van der Waals surface area contributed by atoms with Gasteiger partial charge in [0, 0.05) is 17.6 Å². The van der Waals surface area contributed by atoms with Gasteiger partial charge in [-0.05, 0) is 52.2 Å². The summed E-state index contributed by atoms with van der Waals surface area (Å²) in [5, 5.41) is 4.09. The van der Waals surface area contributed by atoms with E-state index in [4.69, 9.17) is 11.6 Å². The van der Waals surface area contributed by atoms with E-state index in [1.807, 2.05) is 30.3 Å². The van der Waals surface area contributed by atoms with Crippen LogP contribution < -0.4 is 5.32 Å². The van der Waals surface area contributed by atoms with E-state index in [-0.39, 0.29) is 11.9 Å². The Labute approximate surface area is 125 Å². The highest BCUT2D eigenvalue weighted by atomic mass is 79.9. The van der Waals surface area contributed by atoms with Crippen LogP contribution in [0.15, 0.2) is 46.9 Å². The lowest BCUT2D eigenvalue weighted by Crippen LogP contribution is -2.18. The monoisotopic (exact) mass is 341 g/mol. The van der Waals surface area contributed by atoms with Crippen LogP contribution in [0.4, 0.5) is 4.39 Å². The van der Waals surface area contributed by atoms with Gasteiger partial charge in [0.05, 0.1) is 4.47 Å². The second kappa shape index (κ2) is 6.51. The number of halogens is 3. The molecule has 0 aliphatic heterocycles. The van der Waals surface area contributed by atoms with E-state index in [0.717, 1.165) is 16.1 Å². The Bertz CT molecular complexity index is 557. The summed E-state index contributed by atoms with van der Waals surface area (Å²) in [6.07, 6.45) is 0. The van der Waals surface area contributed by atoms with Crippen LogP contribution in [0.1, 0.15) is 24.1 Å². The number of hydrogen-bond donors (Lipinski definition) is 1. The van der Waals surface area contributed by atoms with Crippen molar-refractivity contribution < 1.29 is 4.39 Å². The van der Waals surface area contributed by atoms with Gasteiger partial charge < -0.3 is 5.32 Å². The number of nitrogens with one attached hydrogen (secondary N) is 1. The second-order valence-corrected chi connectivity index (χ2v) is 5.60. The zero-order chi connectivity index (χ0) is 13.8. The lowest BCUT2D eigenvalue weighted by atomic mass is 10.1. The standard InChI is InChI=1S/C15H14BrClFN/c1-10(11-5-7-13(17)8-6-11)19-9-12-3-2-4-14(18)15(12)16/h2-8,10,19H,9H2,1H3/t10-/m0/s1. The summed E-state index contributed by atoms with van der Waals surface area (Å²) in [6, 6.07) is 12.9. The van der Waals surface area contributed by atoms with Crippen molar-refractivity contribution >= 4 is 27.5 Å². The van der Waals surface area contributed by atoms with E-state index in [1.54, 1.807) is 6.07 Å². The Kier molecular flexibility index (Phi) is 4.97. The number of benzene rings is 2. The first-order chi connectivity index (χ1) is 9.08. The summed E-state index contributed by atoms with van der Waals surface area (Å²) in [5.74, 6) is -0.238. The SMILES string of the molecule is C[C@H](NCc1cccc(F)c1Br)c1ccc(Cl)cc1. The van der Waals surface area contributed by atoms with Gasteiger partial charge in [0.15, 0.2) is 0 Å². The Balaban J connectivity index is 2.02. The Hall–Kier alpha value is -0.900. The summed E-state index contributed by atoms with van der Waals surface area (Å²) in [7, 11) is 0. The molecule has 0 radical (unpaired) electrons. The molecule has 0 saturated heterocycles. The second-order valence-electron chi connectivity index (χ2n) is 4.37. The molecule has 2 aromatic carbocycles. The molecule has 0 aliphatic rings. The molecule has 0 aromatic heterocycles. The Morgan fingerprint density at radius 2 is 1.89 bits per heavy atom. The topological polar surface area (TPSA) is 12.0 Å². The molecule has 0 fully saturated rings. The van der Waals surface area contributed by atoms with Crippen LogP contribution in [-0.2, 0) is 6.54 Å². The van der Waals surface area contributed by atoms with Gasteiger partial charge in [0.2, 0.25) is 0 Å². The third kappa shape index (κ3) is 3.78. The zero-order valence-electron chi connectivity index (χ0n) is 10.5. The number of hydrogen-bond acceptors (Lipinski definition) is 1. The molecule has 0 saturated carbocycles. The molecule has 1 nitrogen and oxygen atoms in total. The molecule has 0 amide bonds. The van der Waals surface area contributed by atoms with Gasteiger partial charge in [-0.15, -0.1) is 0 Å². The molecular formula is C15H14BrClFN. The maximum absolute atomic E-state index is 13.4. The van der Waals surface area contributed by atoms with Crippen molar-refractivity contribution in [2.24, 2.45) is 0 Å². The van der Waals surface area contributed by atoms with Crippen molar-refractivity contribution in [1.29, 1.82) is 0 Å². The summed E-state index contributed by atoms with van der Waals surface area (Å²) in [6.45, 7) is 2.67. The van der Waals surface area contributed by atoms with Crippen molar-refractivity contribution in [1.82, 2.24) is 5.32 Å². The molecule has 2 aromatic rings. The molecule has 19 heavy (non-hydrogen) atoms. The van der Waals surface area contributed by atoms with Crippen molar-refractivity contribution in [2.45, 2.75) is 19.5 Å². The molecule has 4 heteroatoms. The first-order valence-electron chi connectivity index (χ1n) is 5.99. The fourth-order valence-corrected chi connectivity index (χ4v) is 2.35. The maximum atomic E-state index is 13.4. The van der Waals surface area contributed by atoms with E-state index in [9.17, 15) is 4.39 Å². The van der Waals surface area contributed by atoms with Crippen LogP contribution in [0.25, 0.3) is 0 Å². The Morgan fingerprint density at radius 3 is 2.58 bits per heavy atom. The van der Waals surface area contributed by atoms with Gasteiger partial charge in [-0.1, -0.05) is 35.9 Å². The minimum Gasteiger partial charge on any atom is -0.306 e. The third-order valence-electron chi connectivity index (χ3n) is 3.00. The summed E-state index contributed by atoms with van der Waals surface area (Å²) >= 11 is 9.12. The van der Waals surface area contributed by atoms with Crippen LogP contribution >= 0.6 is 27.5 Å². The quantitative estimate of drug-likeness (QED) is 0.816. The first-order valence-corrected chi connectivity index (χ1v) is 7.17. The smallest absolute Gasteiger partial charge is 0.137 e. The molecule has 0 aliphatic carbocycles. The van der Waals surface area contributed by atoms with Crippen LogP contribution in [-0.4, -0.2) is 0 Å². The minimum absolute atomic E-state index is 0.174. The van der Waals surface area contributed by atoms with Gasteiger partial charge in [0.25, 0.3) is 0 Å². The fraction of sp³-hybridized carbons (Fsp3) is 0.200. The maximum Gasteiger partial charge on any atom is 0.137 e. The van der Waals surface area contributed by atoms with Crippen LogP contribution in [0.3, 0.4) is 0 Å². The lowest BCUT2D eigenvalue weighted by Gasteiger charge is -2.15. The molecule has 1 N–H and O–H groups in total. The molecule has 1 atom stereocenters. The largest absolute Gasteiger partial charge is 0.306 e. The van der Waals surface area contributed by atoms with Crippen LogP contribution in [0.5, 0.6) is 0 Å². The van der Waals surface area contributed by atoms with Crippen molar-refractivity contribution in [2.75, 3.05) is 0 Å². The van der Waals surface area contributed by atoms with E-state index in [0.29, 0.717) is 11.0 Å². The van der Waals surface area contributed by atoms with Crippen molar-refractivity contribution in [3.63, 3.8) is 0 Å². The molecular weight excluding hydrogens is 329 g/mol. The van der Waals surface area contributed by atoms with Crippen LogP contribution in [0.2, 0.25) is 5.02 Å². The third-order valence-corrected chi connectivity index (χ3v) is 4.14. The molecule has 0 bridgehead atoms. The predicted octanol–water partition coefficient (Wildman–Crippen LogP) is 5.09. The molecule has 0 unspecified atom stereocenters. The van der Waals surface area contributed by atoms with Crippen molar-refractivity contribution in [3.8, 4) is 0 Å². The lowest BCUT2D eigenvalue weighted by molar-refractivity contribution is 0.566. The van der Waals surface area contributed by atoms with E-state index >= 15 is 0 Å². The fourth-order valence-electron chi connectivity index (χ4n) is 1.82. The zero-order valence-corrected chi connectivity index (χ0v) is 12.8. The first kappa shape index (κ1) is 14.5. The van der Waals surface area contributed by atoms with Gasteiger partial charge in [-0.2, -0.15) is 0 Å². The van der Waals surface area contributed by atoms with Gasteiger partial charge in [-0.25, -0.2) is 4.39 Å². The summed E-state index contributed by atoms with van der Waals surface area (Å²) in [4.78, 5) is 0. The highest BCUT2D eigenvalue weighted by Gasteiger charge is 2.08. The highest BCUT2D eigenvalue weighted by Crippen LogP contribution is 2.22.